The van der Waals surface area contributed by atoms with E-state index in [2.05, 4.69) is 10.3 Å². The lowest BCUT2D eigenvalue weighted by atomic mass is 10.2. The van der Waals surface area contributed by atoms with E-state index < -0.39 is 5.60 Å². The van der Waals surface area contributed by atoms with Gasteiger partial charge in [-0.1, -0.05) is 17.7 Å². The number of benzene rings is 1. The molecule has 5 heteroatoms. The smallest absolute Gasteiger partial charge is 0.320 e. The molecule has 20 heavy (non-hydrogen) atoms. The van der Waals surface area contributed by atoms with Crippen LogP contribution in [0, 0.1) is 0 Å². The highest BCUT2D eigenvalue weighted by atomic mass is 35.5. The summed E-state index contributed by atoms with van der Waals surface area (Å²) < 4.78 is 5.23. The Morgan fingerprint density at radius 3 is 2.85 bits per heavy atom. The lowest BCUT2D eigenvalue weighted by Crippen LogP contribution is -2.31. The first-order valence-electron chi connectivity index (χ1n) is 6.53. The van der Waals surface area contributed by atoms with Crippen LogP contribution in [0.15, 0.2) is 24.4 Å². The Balaban J connectivity index is 1.92. The molecule has 0 amide bonds. The molecular formula is C15H19ClN2O2. The number of halogens is 1. The molecule has 108 valence electrons. The Morgan fingerprint density at radius 2 is 2.15 bits per heavy atom. The number of H-pyrrole nitrogens is 1. The Hall–Kier alpha value is -1.52. The summed E-state index contributed by atoms with van der Waals surface area (Å²) in [6, 6.07) is 5.71. The minimum Gasteiger partial charge on any atom is -0.459 e. The molecule has 0 atom stereocenters. The number of aromatic amines is 1. The molecule has 0 fully saturated rings. The lowest BCUT2D eigenvalue weighted by molar-refractivity contribution is -0.153. The topological polar surface area (TPSA) is 54.1 Å². The van der Waals surface area contributed by atoms with Crippen LogP contribution < -0.4 is 5.32 Å². The van der Waals surface area contributed by atoms with Gasteiger partial charge in [-0.15, -0.1) is 0 Å². The Bertz CT molecular complexity index is 614. The van der Waals surface area contributed by atoms with Gasteiger partial charge in [0.05, 0.1) is 6.54 Å². The summed E-state index contributed by atoms with van der Waals surface area (Å²) >= 11 is 5.94. The molecule has 0 radical (unpaired) electrons. The van der Waals surface area contributed by atoms with E-state index in [-0.39, 0.29) is 12.5 Å². The number of carbonyl (C=O) groups is 1. The van der Waals surface area contributed by atoms with Gasteiger partial charge in [0, 0.05) is 28.7 Å². The van der Waals surface area contributed by atoms with Crippen molar-refractivity contribution in [2.24, 2.45) is 0 Å². The summed E-state index contributed by atoms with van der Waals surface area (Å²) in [6.45, 7) is 6.36. The maximum Gasteiger partial charge on any atom is 0.320 e. The van der Waals surface area contributed by atoms with E-state index in [1.54, 1.807) is 0 Å². The number of hydrogen-bond acceptors (Lipinski definition) is 3. The molecule has 1 aromatic heterocycles. The minimum absolute atomic E-state index is 0.192. The quantitative estimate of drug-likeness (QED) is 0.851. The first-order valence-corrected chi connectivity index (χ1v) is 6.91. The number of fused-ring (bicyclic) bond motifs is 1. The zero-order valence-corrected chi connectivity index (χ0v) is 12.7. The van der Waals surface area contributed by atoms with Gasteiger partial charge >= 0.3 is 5.97 Å². The first kappa shape index (κ1) is 14.9. The van der Waals surface area contributed by atoms with Gasteiger partial charge in [0.2, 0.25) is 0 Å². The highest BCUT2D eigenvalue weighted by molar-refractivity contribution is 6.31. The zero-order chi connectivity index (χ0) is 14.8. The number of nitrogens with one attached hydrogen (secondary N) is 2. The fourth-order valence-electron chi connectivity index (χ4n) is 1.98. The van der Waals surface area contributed by atoms with Crippen LogP contribution in [0.2, 0.25) is 5.02 Å². The number of rotatable bonds is 4. The van der Waals surface area contributed by atoms with E-state index in [0.717, 1.165) is 16.5 Å². The second kappa shape index (κ2) is 5.85. The van der Waals surface area contributed by atoms with Crippen LogP contribution >= 0.6 is 11.6 Å². The maximum absolute atomic E-state index is 11.6. The van der Waals surface area contributed by atoms with Crippen molar-refractivity contribution in [3.05, 3.63) is 35.0 Å². The Kier molecular flexibility index (Phi) is 4.35. The predicted octanol–water partition coefficient (Wildman–Crippen LogP) is 3.25. The summed E-state index contributed by atoms with van der Waals surface area (Å²) in [5.74, 6) is -0.250. The van der Waals surface area contributed by atoms with E-state index in [4.69, 9.17) is 16.3 Å². The van der Waals surface area contributed by atoms with E-state index >= 15 is 0 Å². The Morgan fingerprint density at radius 1 is 1.40 bits per heavy atom. The van der Waals surface area contributed by atoms with Crippen molar-refractivity contribution in [3.63, 3.8) is 0 Å². The Labute approximate surface area is 123 Å². The standard InChI is InChI=1S/C15H19ClN2O2/c1-15(2,3)20-14(19)9-17-7-10-8-18-13-6-11(16)4-5-12(10)13/h4-6,8,17-18H,7,9H2,1-3H3. The maximum atomic E-state index is 11.6. The SMILES string of the molecule is CC(C)(C)OC(=O)CNCc1c[nH]c2cc(Cl)ccc12. The summed E-state index contributed by atoms with van der Waals surface area (Å²) in [4.78, 5) is 14.8. The van der Waals surface area contributed by atoms with E-state index in [9.17, 15) is 4.79 Å². The molecule has 1 aromatic carbocycles. The number of aromatic nitrogens is 1. The van der Waals surface area contributed by atoms with Crippen molar-refractivity contribution in [2.45, 2.75) is 32.9 Å². The van der Waals surface area contributed by atoms with Gasteiger partial charge in [0.25, 0.3) is 0 Å². The second-order valence-electron chi connectivity index (χ2n) is 5.69. The molecule has 0 bridgehead atoms. The molecule has 2 rings (SSSR count). The minimum atomic E-state index is -0.448. The van der Waals surface area contributed by atoms with Crippen molar-refractivity contribution >= 4 is 28.5 Å². The van der Waals surface area contributed by atoms with Gasteiger partial charge in [-0.3, -0.25) is 4.79 Å². The first-order chi connectivity index (χ1) is 9.35. The van der Waals surface area contributed by atoms with E-state index in [0.29, 0.717) is 11.6 Å². The van der Waals surface area contributed by atoms with Crippen LogP contribution in [0.5, 0.6) is 0 Å². The summed E-state index contributed by atoms with van der Waals surface area (Å²) in [5, 5.41) is 4.89. The lowest BCUT2D eigenvalue weighted by Gasteiger charge is -2.19. The molecule has 1 heterocycles. The molecular weight excluding hydrogens is 276 g/mol. The van der Waals surface area contributed by atoms with Gasteiger partial charge < -0.3 is 15.0 Å². The molecule has 2 N–H and O–H groups in total. The molecule has 0 aliphatic carbocycles. The largest absolute Gasteiger partial charge is 0.459 e. The predicted molar refractivity (Wildman–Crippen MR) is 80.9 cm³/mol. The van der Waals surface area contributed by atoms with Crippen LogP contribution in [0.25, 0.3) is 10.9 Å². The molecule has 0 unspecified atom stereocenters. The van der Waals surface area contributed by atoms with Crippen molar-refractivity contribution in [3.8, 4) is 0 Å². The average Bonchev–Trinajstić information content (AvgIpc) is 2.69. The second-order valence-corrected chi connectivity index (χ2v) is 6.13. The van der Waals surface area contributed by atoms with Crippen molar-refractivity contribution in [1.29, 1.82) is 0 Å². The molecule has 0 saturated heterocycles. The fraction of sp³-hybridized carbons (Fsp3) is 0.400. The third-order valence-electron chi connectivity index (χ3n) is 2.73. The van der Waals surface area contributed by atoms with Crippen LogP contribution in [-0.2, 0) is 16.1 Å². The van der Waals surface area contributed by atoms with Gasteiger partial charge in [0.15, 0.2) is 0 Å². The molecule has 0 spiro atoms. The van der Waals surface area contributed by atoms with Crippen LogP contribution in [0.4, 0.5) is 0 Å². The molecule has 0 saturated carbocycles. The molecule has 2 aromatic rings. The van der Waals surface area contributed by atoms with E-state index in [1.165, 1.54) is 0 Å². The number of esters is 1. The molecule has 4 nitrogen and oxygen atoms in total. The van der Waals surface area contributed by atoms with Gasteiger partial charge in [0.1, 0.15) is 5.60 Å². The number of hydrogen-bond donors (Lipinski definition) is 2. The number of carbonyl (C=O) groups excluding carboxylic acids is 1. The van der Waals surface area contributed by atoms with Crippen LogP contribution in [-0.4, -0.2) is 23.1 Å². The highest BCUT2D eigenvalue weighted by Crippen LogP contribution is 2.21. The number of ether oxygens (including phenoxy) is 1. The van der Waals surface area contributed by atoms with Crippen LogP contribution in [0.1, 0.15) is 26.3 Å². The monoisotopic (exact) mass is 294 g/mol. The molecule has 0 aliphatic rings. The fourth-order valence-corrected chi connectivity index (χ4v) is 2.15. The third-order valence-corrected chi connectivity index (χ3v) is 2.97. The normalized spacial score (nSPS) is 11.8. The van der Waals surface area contributed by atoms with Crippen molar-refractivity contribution < 1.29 is 9.53 Å². The summed E-state index contributed by atoms with van der Waals surface area (Å²) in [6.07, 6.45) is 1.92. The van der Waals surface area contributed by atoms with Gasteiger partial charge in [-0.2, -0.15) is 0 Å². The third kappa shape index (κ3) is 3.99. The van der Waals surface area contributed by atoms with Crippen molar-refractivity contribution in [1.82, 2.24) is 10.3 Å². The van der Waals surface area contributed by atoms with Gasteiger partial charge in [-0.25, -0.2) is 0 Å². The summed E-state index contributed by atoms with van der Waals surface area (Å²) in [5.41, 5.74) is 1.64. The van der Waals surface area contributed by atoms with E-state index in [1.807, 2.05) is 45.2 Å². The highest BCUT2D eigenvalue weighted by Gasteiger charge is 2.15. The average molecular weight is 295 g/mol. The summed E-state index contributed by atoms with van der Waals surface area (Å²) in [7, 11) is 0. The van der Waals surface area contributed by atoms with Gasteiger partial charge in [-0.05, 0) is 38.5 Å². The molecule has 0 aliphatic heterocycles. The van der Waals surface area contributed by atoms with Crippen LogP contribution in [0.3, 0.4) is 0 Å². The van der Waals surface area contributed by atoms with Crippen molar-refractivity contribution in [2.75, 3.05) is 6.54 Å². The zero-order valence-electron chi connectivity index (χ0n) is 11.9.